The molecule has 1 aromatic rings. The van der Waals surface area contributed by atoms with Crippen LogP contribution in [0.5, 0.6) is 0 Å². The van der Waals surface area contributed by atoms with Crippen LogP contribution in [-0.4, -0.2) is 42.5 Å². The fourth-order valence-corrected chi connectivity index (χ4v) is 2.17. The molecular weight excluding hydrogens is 256 g/mol. The Labute approximate surface area is 118 Å². The first-order chi connectivity index (χ1) is 9.60. The first kappa shape index (κ1) is 14.5. The number of likely N-dealkylation sites (N-methyl/N-ethyl adjacent to an activating group) is 1. The highest BCUT2D eigenvalue weighted by atomic mass is 16.5. The summed E-state index contributed by atoms with van der Waals surface area (Å²) in [4.78, 5) is 25.7. The summed E-state index contributed by atoms with van der Waals surface area (Å²) in [6.07, 6.45) is -0.599. The first-order valence-corrected chi connectivity index (χ1v) is 6.87. The average Bonchev–Trinajstić information content (AvgIpc) is 2.44. The van der Waals surface area contributed by atoms with Gasteiger partial charge < -0.3 is 15.0 Å². The number of hydrogen-bond acceptors (Lipinski definition) is 3. The number of benzene rings is 1. The van der Waals surface area contributed by atoms with Crippen molar-refractivity contribution in [2.75, 3.05) is 25.0 Å². The van der Waals surface area contributed by atoms with Gasteiger partial charge >= 0.3 is 0 Å². The monoisotopic (exact) mass is 276 g/mol. The van der Waals surface area contributed by atoms with E-state index in [1.54, 1.807) is 4.90 Å². The minimum absolute atomic E-state index is 0.0587. The fourth-order valence-electron chi connectivity index (χ4n) is 2.17. The predicted octanol–water partition coefficient (Wildman–Crippen LogP) is 1.57. The van der Waals surface area contributed by atoms with E-state index in [1.165, 1.54) is 0 Å². The molecule has 1 atom stereocenters. The van der Waals surface area contributed by atoms with Gasteiger partial charge in [0.2, 0.25) is 5.91 Å². The van der Waals surface area contributed by atoms with E-state index in [1.807, 2.05) is 38.1 Å². The largest absolute Gasteiger partial charge is 0.366 e. The van der Waals surface area contributed by atoms with E-state index < -0.39 is 6.10 Å². The quantitative estimate of drug-likeness (QED) is 0.908. The molecule has 1 N–H and O–H groups in total. The zero-order valence-electron chi connectivity index (χ0n) is 11.9. The van der Waals surface area contributed by atoms with Crippen molar-refractivity contribution in [1.29, 1.82) is 0 Å². The van der Waals surface area contributed by atoms with Gasteiger partial charge in [-0.25, -0.2) is 0 Å². The van der Waals surface area contributed by atoms with Crippen LogP contribution in [0.15, 0.2) is 24.3 Å². The Kier molecular flexibility index (Phi) is 4.74. The van der Waals surface area contributed by atoms with E-state index in [0.717, 1.165) is 11.3 Å². The number of rotatable bonds is 4. The van der Waals surface area contributed by atoms with Gasteiger partial charge in [-0.05, 0) is 26.0 Å². The molecule has 1 aliphatic heterocycles. The molecule has 1 saturated heterocycles. The van der Waals surface area contributed by atoms with Gasteiger partial charge in [0.25, 0.3) is 5.91 Å². The van der Waals surface area contributed by atoms with Crippen molar-refractivity contribution in [3.63, 3.8) is 0 Å². The Morgan fingerprint density at radius 1 is 1.40 bits per heavy atom. The third kappa shape index (κ3) is 3.57. The predicted molar refractivity (Wildman–Crippen MR) is 76.4 cm³/mol. The Balaban J connectivity index is 1.90. The summed E-state index contributed by atoms with van der Waals surface area (Å²) in [5, 5.41) is 2.78. The van der Waals surface area contributed by atoms with Crippen molar-refractivity contribution in [1.82, 2.24) is 4.90 Å². The molecule has 2 rings (SSSR count). The summed E-state index contributed by atoms with van der Waals surface area (Å²) >= 11 is 0. The molecule has 5 heteroatoms. The SMILES string of the molecule is CCN1CCO[C@@H](CC(=O)Nc2ccc(C)cc2)C1=O. The van der Waals surface area contributed by atoms with Crippen LogP contribution in [0.1, 0.15) is 18.9 Å². The summed E-state index contributed by atoms with van der Waals surface area (Å²) < 4.78 is 5.40. The average molecular weight is 276 g/mol. The molecule has 0 saturated carbocycles. The van der Waals surface area contributed by atoms with Crippen molar-refractivity contribution in [2.24, 2.45) is 0 Å². The Hall–Kier alpha value is -1.88. The Morgan fingerprint density at radius 2 is 2.10 bits per heavy atom. The molecule has 5 nitrogen and oxygen atoms in total. The van der Waals surface area contributed by atoms with Crippen LogP contribution < -0.4 is 5.32 Å². The van der Waals surface area contributed by atoms with Crippen molar-refractivity contribution in [3.8, 4) is 0 Å². The van der Waals surface area contributed by atoms with E-state index in [-0.39, 0.29) is 18.2 Å². The van der Waals surface area contributed by atoms with Crippen molar-refractivity contribution in [2.45, 2.75) is 26.4 Å². The smallest absolute Gasteiger partial charge is 0.252 e. The normalized spacial score (nSPS) is 19.0. The molecule has 1 heterocycles. The second-order valence-corrected chi connectivity index (χ2v) is 4.90. The molecule has 1 fully saturated rings. The van der Waals surface area contributed by atoms with Gasteiger partial charge in [-0.3, -0.25) is 9.59 Å². The van der Waals surface area contributed by atoms with E-state index >= 15 is 0 Å². The zero-order chi connectivity index (χ0) is 14.5. The molecule has 20 heavy (non-hydrogen) atoms. The van der Waals surface area contributed by atoms with E-state index in [2.05, 4.69) is 5.32 Å². The minimum atomic E-state index is -0.658. The van der Waals surface area contributed by atoms with Crippen molar-refractivity contribution >= 4 is 17.5 Å². The summed E-state index contributed by atoms with van der Waals surface area (Å²) in [6, 6.07) is 7.54. The van der Waals surface area contributed by atoms with Gasteiger partial charge in [0.05, 0.1) is 13.0 Å². The van der Waals surface area contributed by atoms with Crippen LogP contribution in [0.2, 0.25) is 0 Å². The number of hydrogen-bond donors (Lipinski definition) is 1. The maximum absolute atomic E-state index is 12.0. The van der Waals surface area contributed by atoms with E-state index in [0.29, 0.717) is 19.7 Å². The maximum atomic E-state index is 12.0. The van der Waals surface area contributed by atoms with Crippen molar-refractivity contribution in [3.05, 3.63) is 29.8 Å². The molecule has 1 aromatic carbocycles. The molecule has 1 aliphatic rings. The van der Waals surface area contributed by atoms with Gasteiger partial charge in [0, 0.05) is 18.8 Å². The summed E-state index contributed by atoms with van der Waals surface area (Å²) in [5.74, 6) is -0.303. The fraction of sp³-hybridized carbons (Fsp3) is 0.467. The topological polar surface area (TPSA) is 58.6 Å². The number of carbonyl (C=O) groups excluding carboxylic acids is 2. The van der Waals surface area contributed by atoms with Gasteiger partial charge in [0.1, 0.15) is 6.10 Å². The van der Waals surface area contributed by atoms with Gasteiger partial charge in [-0.15, -0.1) is 0 Å². The lowest BCUT2D eigenvalue weighted by Gasteiger charge is -2.31. The highest BCUT2D eigenvalue weighted by Crippen LogP contribution is 2.13. The van der Waals surface area contributed by atoms with Gasteiger partial charge in [0.15, 0.2) is 0 Å². The van der Waals surface area contributed by atoms with Crippen LogP contribution >= 0.6 is 0 Å². The molecule has 0 aromatic heterocycles. The maximum Gasteiger partial charge on any atom is 0.252 e. The highest BCUT2D eigenvalue weighted by molar-refractivity contribution is 5.95. The van der Waals surface area contributed by atoms with Gasteiger partial charge in [-0.2, -0.15) is 0 Å². The molecule has 2 amide bonds. The lowest BCUT2D eigenvalue weighted by Crippen LogP contribution is -2.48. The standard InChI is InChI=1S/C15H20N2O3/c1-3-17-8-9-20-13(15(17)19)10-14(18)16-12-6-4-11(2)5-7-12/h4-7,13H,3,8-10H2,1-2H3,(H,16,18)/t13-/m0/s1. The third-order valence-corrected chi connectivity index (χ3v) is 3.36. The molecule has 0 bridgehead atoms. The minimum Gasteiger partial charge on any atom is -0.366 e. The molecule has 0 unspecified atom stereocenters. The number of nitrogens with one attached hydrogen (secondary N) is 1. The Morgan fingerprint density at radius 3 is 2.75 bits per heavy atom. The van der Waals surface area contributed by atoms with Crippen LogP contribution in [0, 0.1) is 6.92 Å². The summed E-state index contributed by atoms with van der Waals surface area (Å²) in [7, 11) is 0. The number of morpholine rings is 1. The van der Waals surface area contributed by atoms with Gasteiger partial charge in [-0.1, -0.05) is 17.7 Å². The third-order valence-electron chi connectivity index (χ3n) is 3.36. The summed E-state index contributed by atoms with van der Waals surface area (Å²) in [6.45, 7) is 5.65. The molecule has 0 radical (unpaired) electrons. The lowest BCUT2D eigenvalue weighted by molar-refractivity contribution is -0.154. The molecular formula is C15H20N2O3. The van der Waals surface area contributed by atoms with Crippen LogP contribution in [0.25, 0.3) is 0 Å². The second-order valence-electron chi connectivity index (χ2n) is 4.90. The molecule has 0 aliphatic carbocycles. The highest BCUT2D eigenvalue weighted by Gasteiger charge is 2.30. The number of nitrogens with zero attached hydrogens (tertiary/aromatic N) is 1. The van der Waals surface area contributed by atoms with E-state index in [9.17, 15) is 9.59 Å². The van der Waals surface area contributed by atoms with Crippen LogP contribution in [-0.2, 0) is 14.3 Å². The molecule has 108 valence electrons. The number of ether oxygens (including phenoxy) is 1. The number of amides is 2. The molecule has 0 spiro atoms. The van der Waals surface area contributed by atoms with Crippen LogP contribution in [0.3, 0.4) is 0 Å². The number of carbonyl (C=O) groups is 2. The number of anilines is 1. The second kappa shape index (κ2) is 6.52. The lowest BCUT2D eigenvalue weighted by atomic mass is 10.1. The van der Waals surface area contributed by atoms with Crippen LogP contribution in [0.4, 0.5) is 5.69 Å². The zero-order valence-corrected chi connectivity index (χ0v) is 11.9. The first-order valence-electron chi connectivity index (χ1n) is 6.87. The van der Waals surface area contributed by atoms with Crippen molar-refractivity contribution < 1.29 is 14.3 Å². The van der Waals surface area contributed by atoms with E-state index in [4.69, 9.17) is 4.74 Å². The number of aryl methyl sites for hydroxylation is 1. The summed E-state index contributed by atoms with van der Waals surface area (Å²) in [5.41, 5.74) is 1.86. The Bertz CT molecular complexity index is 484.